The summed E-state index contributed by atoms with van der Waals surface area (Å²) in [5.41, 5.74) is 1.64. The van der Waals surface area contributed by atoms with Crippen molar-refractivity contribution in [3.63, 3.8) is 0 Å². The lowest BCUT2D eigenvalue weighted by Crippen LogP contribution is -2.39. The minimum atomic E-state index is -0.372. The Morgan fingerprint density at radius 2 is 1.81 bits per heavy atom. The molecule has 1 aromatic heterocycles. The molecule has 0 saturated heterocycles. The number of nitrogens with one attached hydrogen (secondary N) is 1. The Hall–Kier alpha value is -3.32. The number of thiazole rings is 1. The third-order valence-electron chi connectivity index (χ3n) is 4.78. The van der Waals surface area contributed by atoms with Gasteiger partial charge in [-0.3, -0.25) is 19.0 Å². The van der Waals surface area contributed by atoms with Crippen LogP contribution in [0.2, 0.25) is 0 Å². The number of aromatic nitrogens is 1. The molecule has 0 atom stereocenters. The van der Waals surface area contributed by atoms with Gasteiger partial charge >= 0.3 is 0 Å². The van der Waals surface area contributed by atoms with E-state index < -0.39 is 0 Å². The highest BCUT2D eigenvalue weighted by Crippen LogP contribution is 2.08. The van der Waals surface area contributed by atoms with Crippen molar-refractivity contribution in [1.29, 1.82) is 0 Å². The Kier molecular flexibility index (Phi) is 7.53. The smallest absolute Gasteiger partial charge is 0.269 e. The van der Waals surface area contributed by atoms with Gasteiger partial charge in [0.15, 0.2) is 5.78 Å². The second-order valence-corrected chi connectivity index (χ2v) is 8.98. The molecule has 3 rings (SSSR count). The van der Waals surface area contributed by atoms with Crippen LogP contribution in [0.1, 0.15) is 35.3 Å². The van der Waals surface area contributed by atoms with Crippen molar-refractivity contribution in [2.75, 3.05) is 6.54 Å². The van der Waals surface area contributed by atoms with E-state index >= 15 is 0 Å². The summed E-state index contributed by atoms with van der Waals surface area (Å²) in [4.78, 5) is 38.4. The molecule has 166 valence electrons. The number of ketones is 1. The van der Waals surface area contributed by atoms with Gasteiger partial charge in [-0.05, 0) is 42.2 Å². The third kappa shape index (κ3) is 5.88. The Balaban J connectivity index is 2.08. The number of halogens is 1. The van der Waals surface area contributed by atoms with Crippen LogP contribution >= 0.6 is 11.3 Å². The number of hydrogen-bond acceptors (Lipinski definition) is 4. The highest BCUT2D eigenvalue weighted by atomic mass is 32.1. The molecule has 1 N–H and O–H groups in total. The zero-order valence-corrected chi connectivity index (χ0v) is 19.0. The molecule has 0 saturated carbocycles. The van der Waals surface area contributed by atoms with Crippen LogP contribution in [0.25, 0.3) is 12.2 Å². The van der Waals surface area contributed by atoms with E-state index in [0.29, 0.717) is 26.9 Å². The number of rotatable bonds is 7. The summed E-state index contributed by atoms with van der Waals surface area (Å²) in [6, 6.07) is 13.0. The number of Topliss-reactive ketones (excluding diaryl/α,β-unsaturated/α-hetero) is 1. The molecule has 0 bridgehead atoms. The van der Waals surface area contributed by atoms with Gasteiger partial charge in [-0.15, -0.1) is 11.3 Å². The molecule has 0 aliphatic rings. The number of aryl methyl sites for hydroxylation is 1. The molecule has 32 heavy (non-hydrogen) atoms. The predicted molar refractivity (Wildman–Crippen MR) is 126 cm³/mol. The van der Waals surface area contributed by atoms with Crippen molar-refractivity contribution in [2.45, 2.75) is 27.3 Å². The molecule has 1 amide bonds. The largest absolute Gasteiger partial charge is 0.354 e. The zero-order chi connectivity index (χ0) is 23.3. The zero-order valence-electron chi connectivity index (χ0n) is 18.2. The van der Waals surface area contributed by atoms with Gasteiger partial charge in [0.25, 0.3) is 5.56 Å². The van der Waals surface area contributed by atoms with Crippen LogP contribution in [-0.2, 0) is 11.3 Å². The van der Waals surface area contributed by atoms with Gasteiger partial charge in [0.05, 0.1) is 4.53 Å². The Labute approximate surface area is 189 Å². The first-order valence-corrected chi connectivity index (χ1v) is 11.1. The van der Waals surface area contributed by atoms with Crippen LogP contribution in [-0.4, -0.2) is 22.8 Å². The Morgan fingerprint density at radius 1 is 1.12 bits per heavy atom. The molecular formula is C25H25FN2O3S. The molecule has 2 aromatic carbocycles. The highest BCUT2D eigenvalue weighted by Gasteiger charge is 2.12. The molecular weight excluding hydrogens is 427 g/mol. The fourth-order valence-electron chi connectivity index (χ4n) is 3.06. The van der Waals surface area contributed by atoms with Gasteiger partial charge in [0.1, 0.15) is 17.0 Å². The molecule has 0 spiro atoms. The summed E-state index contributed by atoms with van der Waals surface area (Å²) in [6.45, 7) is 6.11. The average Bonchev–Trinajstić information content (AvgIpc) is 3.03. The average molecular weight is 453 g/mol. The number of amides is 1. The maximum atomic E-state index is 13.2. The number of nitrogens with zero attached hydrogens (tertiary/aromatic N) is 1. The number of benzene rings is 2. The molecule has 1 heterocycles. The van der Waals surface area contributed by atoms with Crippen LogP contribution in [0, 0.1) is 18.7 Å². The first-order valence-electron chi connectivity index (χ1n) is 10.3. The summed E-state index contributed by atoms with van der Waals surface area (Å²) in [7, 11) is 0. The van der Waals surface area contributed by atoms with Crippen molar-refractivity contribution in [2.24, 2.45) is 5.92 Å². The Bertz CT molecular complexity index is 1300. The molecule has 7 heteroatoms. The lowest BCUT2D eigenvalue weighted by Gasteiger charge is -2.08. The number of hydrogen-bond donors (Lipinski definition) is 1. The van der Waals surface area contributed by atoms with Crippen LogP contribution in [0.4, 0.5) is 4.39 Å². The van der Waals surface area contributed by atoms with E-state index in [9.17, 15) is 18.8 Å². The fraction of sp³-hybridized carbons (Fsp3) is 0.240. The topological polar surface area (TPSA) is 68.2 Å². The van der Waals surface area contributed by atoms with Crippen LogP contribution < -0.4 is 20.1 Å². The summed E-state index contributed by atoms with van der Waals surface area (Å²) in [6.07, 6.45) is 3.02. The van der Waals surface area contributed by atoms with Crippen LogP contribution in [0.3, 0.4) is 0 Å². The predicted octanol–water partition coefficient (Wildman–Crippen LogP) is 2.62. The minimum Gasteiger partial charge on any atom is -0.354 e. The van der Waals surface area contributed by atoms with Gasteiger partial charge in [-0.1, -0.05) is 50.2 Å². The van der Waals surface area contributed by atoms with Gasteiger partial charge < -0.3 is 5.32 Å². The second kappa shape index (κ2) is 10.3. The van der Waals surface area contributed by atoms with E-state index in [1.807, 2.05) is 32.9 Å². The quantitative estimate of drug-likeness (QED) is 0.561. The van der Waals surface area contributed by atoms with Crippen molar-refractivity contribution < 1.29 is 14.0 Å². The van der Waals surface area contributed by atoms with E-state index in [0.717, 1.165) is 16.9 Å². The molecule has 0 radical (unpaired) electrons. The third-order valence-corrected chi connectivity index (χ3v) is 5.84. The molecule has 3 aromatic rings. The van der Waals surface area contributed by atoms with Crippen molar-refractivity contribution >= 4 is 35.2 Å². The second-order valence-electron chi connectivity index (χ2n) is 7.91. The number of carbonyl (C=O) groups is 2. The van der Waals surface area contributed by atoms with Crippen molar-refractivity contribution in [3.8, 4) is 0 Å². The fourth-order valence-corrected chi connectivity index (χ4v) is 4.10. The van der Waals surface area contributed by atoms with E-state index in [1.54, 1.807) is 30.3 Å². The van der Waals surface area contributed by atoms with Crippen LogP contribution in [0.15, 0.2) is 53.3 Å². The van der Waals surface area contributed by atoms with E-state index in [4.69, 9.17) is 0 Å². The van der Waals surface area contributed by atoms with Crippen LogP contribution in [0.5, 0.6) is 0 Å². The van der Waals surface area contributed by atoms with Gasteiger partial charge in [0, 0.05) is 18.2 Å². The van der Waals surface area contributed by atoms with Crippen molar-refractivity contribution in [1.82, 2.24) is 9.88 Å². The van der Waals surface area contributed by atoms with E-state index in [2.05, 4.69) is 5.32 Å². The molecule has 5 nitrogen and oxygen atoms in total. The SMILES string of the molecule is Cc1ccccc1C(=O)/C=c1/s/c(=C\c2ccc(F)cc2)c(=O)n1CC(=O)NCC(C)C. The Morgan fingerprint density at radius 3 is 2.47 bits per heavy atom. The van der Waals surface area contributed by atoms with Gasteiger partial charge in [-0.25, -0.2) is 4.39 Å². The van der Waals surface area contributed by atoms with Gasteiger partial charge in [-0.2, -0.15) is 0 Å². The summed E-state index contributed by atoms with van der Waals surface area (Å²) in [5, 5.41) is 2.80. The first-order chi connectivity index (χ1) is 15.2. The normalized spacial score (nSPS) is 12.4. The van der Waals surface area contributed by atoms with E-state index in [-0.39, 0.29) is 35.5 Å². The van der Waals surface area contributed by atoms with Gasteiger partial charge in [0.2, 0.25) is 5.91 Å². The monoisotopic (exact) mass is 452 g/mol. The first kappa shape index (κ1) is 23.3. The lowest BCUT2D eigenvalue weighted by atomic mass is 10.1. The number of carbonyl (C=O) groups excluding carboxylic acids is 2. The minimum absolute atomic E-state index is 0.188. The molecule has 0 aliphatic heterocycles. The maximum absolute atomic E-state index is 13.2. The standard InChI is InChI=1S/C25H25FN2O3S/c1-16(2)14-27-23(30)15-28-24(13-21(29)20-7-5-4-6-17(20)3)32-22(25(28)31)12-18-8-10-19(26)11-9-18/h4-13,16H,14-15H2,1-3H3,(H,27,30)/b22-12-,24-13+. The summed E-state index contributed by atoms with van der Waals surface area (Å²) in [5.74, 6) is -0.640. The van der Waals surface area contributed by atoms with Crippen molar-refractivity contribution in [3.05, 3.63) is 90.6 Å². The highest BCUT2D eigenvalue weighted by molar-refractivity contribution is 7.07. The summed E-state index contributed by atoms with van der Waals surface area (Å²) >= 11 is 1.13. The molecule has 0 aliphatic carbocycles. The lowest BCUT2D eigenvalue weighted by molar-refractivity contribution is -0.121. The molecule has 0 fully saturated rings. The summed E-state index contributed by atoms with van der Waals surface area (Å²) < 4.78 is 15.3. The maximum Gasteiger partial charge on any atom is 0.269 e. The molecule has 0 unspecified atom stereocenters. The van der Waals surface area contributed by atoms with E-state index in [1.165, 1.54) is 22.8 Å².